The van der Waals surface area contributed by atoms with Crippen LogP contribution in [0.3, 0.4) is 0 Å². The summed E-state index contributed by atoms with van der Waals surface area (Å²) in [6, 6.07) is 14.7. The molecule has 6 heteroatoms. The average Bonchev–Trinajstić information content (AvgIpc) is 2.48. The normalized spacial score (nSPS) is 10.8. The summed E-state index contributed by atoms with van der Waals surface area (Å²) in [6.45, 7) is 0.211. The molecule has 0 heterocycles. The molecule has 0 radical (unpaired) electrons. The molecule has 0 aromatic heterocycles. The van der Waals surface area contributed by atoms with Crippen LogP contribution in [0.5, 0.6) is 11.5 Å². The monoisotopic (exact) mass is 300 g/mol. The van der Waals surface area contributed by atoms with Gasteiger partial charge in [-0.05, 0) is 24.3 Å². The zero-order chi connectivity index (χ0) is 15.1. The first-order chi connectivity index (χ1) is 10.2. The SMILES string of the molecule is N#CNC(N)=NCc1c(Cl)cccc1Oc1ccccc1. The van der Waals surface area contributed by atoms with Gasteiger partial charge in [-0.2, -0.15) is 5.26 Å². The Morgan fingerprint density at radius 3 is 2.71 bits per heavy atom. The lowest BCUT2D eigenvalue weighted by Gasteiger charge is -2.11. The molecule has 106 valence electrons. The number of guanidine groups is 1. The number of benzene rings is 2. The molecule has 0 saturated heterocycles. The number of aliphatic imine (C=N–C) groups is 1. The van der Waals surface area contributed by atoms with Crippen LogP contribution in [0.2, 0.25) is 5.02 Å². The van der Waals surface area contributed by atoms with Crippen LogP contribution < -0.4 is 15.8 Å². The molecule has 21 heavy (non-hydrogen) atoms. The van der Waals surface area contributed by atoms with Crippen LogP contribution in [-0.2, 0) is 6.54 Å². The van der Waals surface area contributed by atoms with Crippen LogP contribution in [0.4, 0.5) is 0 Å². The molecule has 2 aromatic rings. The minimum atomic E-state index is 0.0306. The number of para-hydroxylation sites is 1. The molecule has 0 saturated carbocycles. The average molecular weight is 301 g/mol. The fraction of sp³-hybridized carbons (Fsp3) is 0.0667. The second-order valence-electron chi connectivity index (χ2n) is 4.07. The maximum absolute atomic E-state index is 8.47. The molecule has 5 nitrogen and oxygen atoms in total. The molecule has 3 N–H and O–H groups in total. The lowest BCUT2D eigenvalue weighted by Crippen LogP contribution is -2.27. The number of hydrogen-bond donors (Lipinski definition) is 2. The molecule has 0 aliphatic carbocycles. The number of nitrogens with two attached hydrogens (primary N) is 1. The van der Waals surface area contributed by atoms with Gasteiger partial charge in [-0.25, -0.2) is 4.99 Å². The topological polar surface area (TPSA) is 83.4 Å². The Labute approximate surface area is 127 Å². The molecule has 0 aliphatic rings. The zero-order valence-electron chi connectivity index (χ0n) is 11.1. The maximum atomic E-state index is 8.47. The Balaban J connectivity index is 2.24. The van der Waals surface area contributed by atoms with Crippen molar-refractivity contribution in [3.63, 3.8) is 0 Å². The van der Waals surface area contributed by atoms with Crippen molar-refractivity contribution in [3.05, 3.63) is 59.1 Å². The number of nitriles is 1. The van der Waals surface area contributed by atoms with Gasteiger partial charge < -0.3 is 10.5 Å². The van der Waals surface area contributed by atoms with E-state index in [1.807, 2.05) is 30.3 Å². The third-order valence-corrected chi connectivity index (χ3v) is 2.99. The van der Waals surface area contributed by atoms with Gasteiger partial charge in [0.1, 0.15) is 11.5 Å². The third-order valence-electron chi connectivity index (χ3n) is 2.64. The van der Waals surface area contributed by atoms with Gasteiger partial charge >= 0.3 is 0 Å². The largest absolute Gasteiger partial charge is 0.457 e. The first-order valence-electron chi connectivity index (χ1n) is 6.16. The quantitative estimate of drug-likeness (QED) is 0.393. The molecule has 0 unspecified atom stereocenters. The highest BCUT2D eigenvalue weighted by Crippen LogP contribution is 2.30. The van der Waals surface area contributed by atoms with Crippen molar-refractivity contribution in [2.45, 2.75) is 6.54 Å². The number of halogens is 1. The van der Waals surface area contributed by atoms with Crippen molar-refractivity contribution < 1.29 is 4.74 Å². The summed E-state index contributed by atoms with van der Waals surface area (Å²) in [7, 11) is 0. The summed E-state index contributed by atoms with van der Waals surface area (Å²) in [5.74, 6) is 1.33. The summed E-state index contributed by atoms with van der Waals surface area (Å²) in [6.07, 6.45) is 1.70. The summed E-state index contributed by atoms with van der Waals surface area (Å²) in [4.78, 5) is 4.04. The standard InChI is InChI=1S/C15H13ClN4O/c16-13-7-4-8-14(21-11-5-2-1-3-6-11)12(13)9-19-15(18)20-10-17/h1-8H,9H2,(H3,18,19,20). The fourth-order valence-corrected chi connectivity index (χ4v) is 1.89. The van der Waals surface area contributed by atoms with E-state index in [0.29, 0.717) is 22.1 Å². The van der Waals surface area contributed by atoms with E-state index in [4.69, 9.17) is 27.3 Å². The maximum Gasteiger partial charge on any atom is 0.202 e. The Morgan fingerprint density at radius 2 is 2.00 bits per heavy atom. The first-order valence-corrected chi connectivity index (χ1v) is 6.54. The molecule has 0 bridgehead atoms. The summed E-state index contributed by atoms with van der Waals surface area (Å²) in [5.41, 5.74) is 6.22. The first kappa shape index (κ1) is 14.7. The molecule has 0 spiro atoms. The van der Waals surface area contributed by atoms with Gasteiger partial charge in [0.15, 0.2) is 6.19 Å². The van der Waals surface area contributed by atoms with E-state index >= 15 is 0 Å². The van der Waals surface area contributed by atoms with Crippen molar-refractivity contribution in [1.82, 2.24) is 5.32 Å². The third kappa shape index (κ3) is 4.13. The van der Waals surface area contributed by atoms with Gasteiger partial charge in [-0.1, -0.05) is 35.9 Å². The number of rotatable bonds is 4. The number of nitrogens with zero attached hydrogens (tertiary/aromatic N) is 2. The molecule has 2 rings (SSSR count). The lowest BCUT2D eigenvalue weighted by atomic mass is 10.2. The number of hydrogen-bond acceptors (Lipinski definition) is 3. The second kappa shape index (κ2) is 7.17. The minimum Gasteiger partial charge on any atom is -0.457 e. The summed E-state index contributed by atoms with van der Waals surface area (Å²) < 4.78 is 5.80. The highest BCUT2D eigenvalue weighted by molar-refractivity contribution is 6.31. The Kier molecular flexibility index (Phi) is 5.02. The van der Waals surface area contributed by atoms with Gasteiger partial charge in [0.2, 0.25) is 5.96 Å². The van der Waals surface area contributed by atoms with Gasteiger partial charge in [-0.15, -0.1) is 0 Å². The van der Waals surface area contributed by atoms with Crippen molar-refractivity contribution in [3.8, 4) is 17.7 Å². The van der Waals surface area contributed by atoms with Crippen LogP contribution in [-0.4, -0.2) is 5.96 Å². The smallest absolute Gasteiger partial charge is 0.202 e. The van der Waals surface area contributed by atoms with E-state index in [0.717, 1.165) is 0 Å². The van der Waals surface area contributed by atoms with Gasteiger partial charge in [-0.3, -0.25) is 5.32 Å². The van der Waals surface area contributed by atoms with Crippen LogP contribution in [0, 0.1) is 11.5 Å². The Morgan fingerprint density at radius 1 is 1.24 bits per heavy atom. The minimum absolute atomic E-state index is 0.0306. The van der Waals surface area contributed by atoms with Crippen LogP contribution in [0.1, 0.15) is 5.56 Å². The Bertz CT molecular complexity index is 680. The molecular weight excluding hydrogens is 288 g/mol. The molecule has 0 fully saturated rings. The van der Waals surface area contributed by atoms with Crippen molar-refractivity contribution in [2.75, 3.05) is 0 Å². The Hall–Kier alpha value is -2.71. The van der Waals surface area contributed by atoms with Crippen molar-refractivity contribution in [2.24, 2.45) is 10.7 Å². The van der Waals surface area contributed by atoms with E-state index in [1.165, 1.54) is 0 Å². The highest BCUT2D eigenvalue weighted by atomic mass is 35.5. The van der Waals surface area contributed by atoms with Crippen molar-refractivity contribution >= 4 is 17.6 Å². The number of ether oxygens (including phenoxy) is 1. The van der Waals surface area contributed by atoms with E-state index in [1.54, 1.807) is 24.4 Å². The van der Waals surface area contributed by atoms with Gasteiger partial charge in [0, 0.05) is 10.6 Å². The zero-order valence-corrected chi connectivity index (χ0v) is 11.8. The molecule has 0 amide bonds. The second-order valence-corrected chi connectivity index (χ2v) is 4.48. The van der Waals surface area contributed by atoms with E-state index in [2.05, 4.69) is 10.3 Å². The molecule has 2 aromatic carbocycles. The van der Waals surface area contributed by atoms with E-state index < -0.39 is 0 Å². The van der Waals surface area contributed by atoms with Gasteiger partial charge in [0.05, 0.1) is 6.54 Å². The number of nitrogens with one attached hydrogen (secondary N) is 1. The van der Waals surface area contributed by atoms with Crippen LogP contribution >= 0.6 is 11.6 Å². The van der Waals surface area contributed by atoms with Crippen LogP contribution in [0.15, 0.2) is 53.5 Å². The van der Waals surface area contributed by atoms with E-state index in [9.17, 15) is 0 Å². The fourth-order valence-electron chi connectivity index (χ4n) is 1.66. The predicted molar refractivity (Wildman–Crippen MR) is 82.0 cm³/mol. The lowest BCUT2D eigenvalue weighted by molar-refractivity contribution is 0.476. The highest BCUT2D eigenvalue weighted by Gasteiger charge is 2.09. The van der Waals surface area contributed by atoms with Crippen LogP contribution in [0.25, 0.3) is 0 Å². The predicted octanol–water partition coefficient (Wildman–Crippen LogP) is 3.02. The molecule has 0 aliphatic heterocycles. The van der Waals surface area contributed by atoms with E-state index in [-0.39, 0.29) is 12.5 Å². The molecular formula is C15H13ClN4O. The van der Waals surface area contributed by atoms with Crippen molar-refractivity contribution in [1.29, 1.82) is 5.26 Å². The molecule has 0 atom stereocenters. The summed E-state index contributed by atoms with van der Waals surface area (Å²) in [5, 5.41) is 11.2. The summed E-state index contributed by atoms with van der Waals surface area (Å²) >= 11 is 6.18. The van der Waals surface area contributed by atoms with Gasteiger partial charge in [0.25, 0.3) is 0 Å².